The molecule has 1 N–H and O–H groups in total. The van der Waals surface area contributed by atoms with Crippen molar-refractivity contribution in [2.45, 2.75) is 59.0 Å². The van der Waals surface area contributed by atoms with Crippen molar-refractivity contribution >= 4 is 5.97 Å². The Morgan fingerprint density at radius 3 is 2.33 bits per heavy atom. The van der Waals surface area contributed by atoms with E-state index in [0.29, 0.717) is 6.42 Å². The number of carbonyl (C=O) groups excluding carboxylic acids is 1. The third kappa shape index (κ3) is 5.78. The van der Waals surface area contributed by atoms with E-state index in [2.05, 4.69) is 6.92 Å². The minimum Gasteiger partial charge on any atom is -0.460 e. The van der Waals surface area contributed by atoms with Gasteiger partial charge in [-0.3, -0.25) is 4.79 Å². The number of unbranched alkanes of at least 4 members (excludes halogenated alkanes) is 1. The molecular weight excluding hydrogens is 192 g/mol. The van der Waals surface area contributed by atoms with Crippen LogP contribution in [0.4, 0.5) is 0 Å². The first-order valence-corrected chi connectivity index (χ1v) is 6.00. The second-order valence-corrected chi connectivity index (χ2v) is 3.90. The molecule has 15 heavy (non-hydrogen) atoms. The summed E-state index contributed by atoms with van der Waals surface area (Å²) in [6.45, 7) is 5.94. The van der Waals surface area contributed by atoms with Gasteiger partial charge in [0.05, 0.1) is 12.5 Å². The van der Waals surface area contributed by atoms with Gasteiger partial charge in [0.1, 0.15) is 6.10 Å². The molecule has 0 saturated carbocycles. The minimum absolute atomic E-state index is 0.00514. The highest BCUT2D eigenvalue weighted by atomic mass is 16.6. The van der Waals surface area contributed by atoms with Crippen LogP contribution in [0.5, 0.6) is 0 Å². The van der Waals surface area contributed by atoms with Crippen LogP contribution in [0.3, 0.4) is 0 Å². The number of ether oxygens (including phenoxy) is 1. The molecule has 0 amide bonds. The standard InChI is InChI=1S/C12H24O3/c1-4-7-8-10(5-2)12(14)15-11(6-3)9-13/h10-11,13H,4-9H2,1-3H3. The maximum absolute atomic E-state index is 11.7. The Kier molecular flexibility index (Phi) is 8.38. The van der Waals surface area contributed by atoms with Gasteiger partial charge in [0, 0.05) is 0 Å². The van der Waals surface area contributed by atoms with E-state index in [1.807, 2.05) is 13.8 Å². The number of esters is 1. The van der Waals surface area contributed by atoms with Crippen molar-refractivity contribution in [3.05, 3.63) is 0 Å². The second kappa shape index (κ2) is 8.72. The number of aliphatic hydroxyl groups is 1. The lowest BCUT2D eigenvalue weighted by Gasteiger charge is -2.18. The molecule has 0 bridgehead atoms. The lowest BCUT2D eigenvalue weighted by molar-refractivity contribution is -0.156. The molecule has 0 aliphatic heterocycles. The molecule has 0 fully saturated rings. The summed E-state index contributed by atoms with van der Waals surface area (Å²) in [5.41, 5.74) is 0. The normalized spacial score (nSPS) is 14.7. The Labute approximate surface area is 92.8 Å². The number of rotatable bonds is 8. The average Bonchev–Trinajstić information content (AvgIpc) is 2.26. The zero-order valence-corrected chi connectivity index (χ0v) is 10.2. The van der Waals surface area contributed by atoms with Crippen molar-refractivity contribution in [3.63, 3.8) is 0 Å². The third-order valence-electron chi connectivity index (χ3n) is 2.67. The van der Waals surface area contributed by atoms with Crippen molar-refractivity contribution < 1.29 is 14.6 Å². The topological polar surface area (TPSA) is 46.5 Å². The molecule has 0 aromatic rings. The molecule has 0 aliphatic carbocycles. The molecular formula is C12H24O3. The van der Waals surface area contributed by atoms with Gasteiger partial charge < -0.3 is 9.84 Å². The van der Waals surface area contributed by atoms with Crippen LogP contribution in [0.15, 0.2) is 0 Å². The lowest BCUT2D eigenvalue weighted by Crippen LogP contribution is -2.26. The summed E-state index contributed by atoms with van der Waals surface area (Å²) in [7, 11) is 0. The highest BCUT2D eigenvalue weighted by Crippen LogP contribution is 2.15. The predicted molar refractivity (Wildman–Crippen MR) is 60.6 cm³/mol. The molecule has 0 spiro atoms. The number of carbonyl (C=O) groups is 1. The molecule has 3 heteroatoms. The summed E-state index contributed by atoms with van der Waals surface area (Å²) in [6, 6.07) is 0. The van der Waals surface area contributed by atoms with Crippen LogP contribution in [0.1, 0.15) is 52.9 Å². The molecule has 0 aliphatic rings. The molecule has 0 aromatic carbocycles. The zero-order valence-electron chi connectivity index (χ0n) is 10.2. The van der Waals surface area contributed by atoms with Gasteiger partial charge in [-0.2, -0.15) is 0 Å². The van der Waals surface area contributed by atoms with E-state index < -0.39 is 0 Å². The number of hydrogen-bond acceptors (Lipinski definition) is 3. The summed E-state index contributed by atoms with van der Waals surface area (Å²) in [5.74, 6) is -0.141. The monoisotopic (exact) mass is 216 g/mol. The van der Waals surface area contributed by atoms with Crippen LogP contribution < -0.4 is 0 Å². The van der Waals surface area contributed by atoms with Crippen LogP contribution in [-0.2, 0) is 9.53 Å². The Balaban J connectivity index is 4.02. The van der Waals surface area contributed by atoms with E-state index in [4.69, 9.17) is 9.84 Å². The summed E-state index contributed by atoms with van der Waals surface area (Å²) in [4.78, 5) is 11.7. The van der Waals surface area contributed by atoms with E-state index in [0.717, 1.165) is 25.7 Å². The third-order valence-corrected chi connectivity index (χ3v) is 2.67. The van der Waals surface area contributed by atoms with E-state index in [9.17, 15) is 4.79 Å². The van der Waals surface area contributed by atoms with Crippen LogP contribution in [-0.4, -0.2) is 23.8 Å². The van der Waals surface area contributed by atoms with E-state index in [1.165, 1.54) is 0 Å². The smallest absolute Gasteiger partial charge is 0.309 e. The summed E-state index contributed by atoms with van der Waals surface area (Å²) in [6.07, 6.45) is 4.22. The molecule has 2 atom stereocenters. The van der Waals surface area contributed by atoms with E-state index in [-0.39, 0.29) is 24.6 Å². The molecule has 0 aromatic heterocycles. The van der Waals surface area contributed by atoms with Gasteiger partial charge in [0.15, 0.2) is 0 Å². The molecule has 2 unspecified atom stereocenters. The minimum atomic E-state index is -0.326. The fourth-order valence-corrected chi connectivity index (χ4v) is 1.45. The molecule has 90 valence electrons. The van der Waals surface area contributed by atoms with Crippen LogP contribution in [0.2, 0.25) is 0 Å². The zero-order chi connectivity index (χ0) is 11.7. The maximum atomic E-state index is 11.7. The molecule has 3 nitrogen and oxygen atoms in total. The first-order valence-electron chi connectivity index (χ1n) is 6.00. The highest BCUT2D eigenvalue weighted by molar-refractivity contribution is 5.72. The van der Waals surface area contributed by atoms with Crippen molar-refractivity contribution in [2.75, 3.05) is 6.61 Å². The van der Waals surface area contributed by atoms with Crippen molar-refractivity contribution in [1.29, 1.82) is 0 Å². The summed E-state index contributed by atoms with van der Waals surface area (Å²) >= 11 is 0. The number of aliphatic hydroxyl groups excluding tert-OH is 1. The van der Waals surface area contributed by atoms with Gasteiger partial charge >= 0.3 is 5.97 Å². The van der Waals surface area contributed by atoms with Gasteiger partial charge in [-0.25, -0.2) is 0 Å². The Morgan fingerprint density at radius 1 is 1.27 bits per heavy atom. The first-order chi connectivity index (χ1) is 7.19. The molecule has 0 saturated heterocycles. The molecule has 0 rings (SSSR count). The SMILES string of the molecule is CCCCC(CC)C(=O)OC(CC)CO. The van der Waals surface area contributed by atoms with Gasteiger partial charge in [-0.1, -0.05) is 33.6 Å². The fraction of sp³-hybridized carbons (Fsp3) is 0.917. The quantitative estimate of drug-likeness (QED) is 0.634. The van der Waals surface area contributed by atoms with Gasteiger partial charge in [-0.05, 0) is 19.3 Å². The van der Waals surface area contributed by atoms with E-state index in [1.54, 1.807) is 0 Å². The Morgan fingerprint density at radius 2 is 1.93 bits per heavy atom. The van der Waals surface area contributed by atoms with Gasteiger partial charge in [-0.15, -0.1) is 0 Å². The second-order valence-electron chi connectivity index (χ2n) is 3.90. The lowest BCUT2D eigenvalue weighted by atomic mass is 9.99. The largest absolute Gasteiger partial charge is 0.460 e. The van der Waals surface area contributed by atoms with Crippen molar-refractivity contribution in [1.82, 2.24) is 0 Å². The van der Waals surface area contributed by atoms with Crippen LogP contribution in [0, 0.1) is 5.92 Å². The van der Waals surface area contributed by atoms with Crippen LogP contribution >= 0.6 is 0 Å². The summed E-state index contributed by atoms with van der Waals surface area (Å²) in [5, 5.41) is 8.93. The highest BCUT2D eigenvalue weighted by Gasteiger charge is 2.20. The van der Waals surface area contributed by atoms with E-state index >= 15 is 0 Å². The van der Waals surface area contributed by atoms with Crippen molar-refractivity contribution in [2.24, 2.45) is 5.92 Å². The Hall–Kier alpha value is -0.570. The van der Waals surface area contributed by atoms with Gasteiger partial charge in [0.25, 0.3) is 0 Å². The predicted octanol–water partition coefficient (Wildman–Crippen LogP) is 2.52. The first kappa shape index (κ1) is 14.4. The van der Waals surface area contributed by atoms with Crippen molar-refractivity contribution in [3.8, 4) is 0 Å². The maximum Gasteiger partial charge on any atom is 0.309 e. The Bertz CT molecular complexity index is 164. The van der Waals surface area contributed by atoms with Crippen LogP contribution in [0.25, 0.3) is 0 Å². The average molecular weight is 216 g/mol. The fourth-order valence-electron chi connectivity index (χ4n) is 1.45. The number of hydrogen-bond donors (Lipinski definition) is 1. The summed E-state index contributed by atoms with van der Waals surface area (Å²) < 4.78 is 5.21. The molecule has 0 radical (unpaired) electrons. The van der Waals surface area contributed by atoms with Gasteiger partial charge in [0.2, 0.25) is 0 Å². The molecule has 0 heterocycles.